The van der Waals surface area contributed by atoms with Gasteiger partial charge >= 0.3 is 17.9 Å². The second kappa shape index (κ2) is 11.7. The number of imidazole rings is 1. The van der Waals surface area contributed by atoms with Crippen LogP contribution in [0.25, 0.3) is 11.0 Å². The van der Waals surface area contributed by atoms with Crippen molar-refractivity contribution in [3.63, 3.8) is 0 Å². The fourth-order valence-electron chi connectivity index (χ4n) is 4.17. The van der Waals surface area contributed by atoms with Crippen molar-refractivity contribution in [2.45, 2.75) is 23.3 Å². The van der Waals surface area contributed by atoms with Crippen molar-refractivity contribution in [1.29, 1.82) is 0 Å². The highest BCUT2D eigenvalue weighted by molar-refractivity contribution is 8.00. The number of hydrogen-bond acceptors (Lipinski definition) is 8. The Morgan fingerprint density at radius 3 is 2.40 bits per heavy atom. The maximum Gasteiger partial charge on any atom is 0.491 e. The lowest BCUT2D eigenvalue weighted by atomic mass is 10.2. The molecular formula is C25H20F6N6O3S2. The van der Waals surface area contributed by atoms with E-state index in [4.69, 9.17) is 4.74 Å². The zero-order valence-corrected chi connectivity index (χ0v) is 22.9. The van der Waals surface area contributed by atoms with Crippen LogP contribution in [0.1, 0.15) is 16.1 Å². The summed E-state index contributed by atoms with van der Waals surface area (Å²) in [5, 5.41) is 1.58. The molecule has 0 aliphatic carbocycles. The van der Waals surface area contributed by atoms with E-state index in [2.05, 4.69) is 15.0 Å². The number of amides is 2. The molecule has 222 valence electrons. The van der Waals surface area contributed by atoms with Crippen LogP contribution < -0.4 is 9.80 Å². The van der Waals surface area contributed by atoms with E-state index in [1.807, 2.05) is 0 Å². The number of H-pyrrole nitrogens is 1. The third-order valence-corrected chi connectivity index (χ3v) is 7.80. The van der Waals surface area contributed by atoms with Gasteiger partial charge in [-0.1, -0.05) is 12.1 Å². The van der Waals surface area contributed by atoms with Crippen molar-refractivity contribution in [2.75, 3.05) is 36.0 Å². The van der Waals surface area contributed by atoms with Crippen molar-refractivity contribution in [1.82, 2.24) is 19.9 Å². The molecule has 0 saturated carbocycles. The van der Waals surface area contributed by atoms with E-state index in [1.54, 1.807) is 4.90 Å². The van der Waals surface area contributed by atoms with E-state index < -0.39 is 23.8 Å². The molecule has 0 radical (unpaired) electrons. The van der Waals surface area contributed by atoms with E-state index in [9.17, 15) is 35.9 Å². The van der Waals surface area contributed by atoms with Crippen LogP contribution >= 0.6 is 23.1 Å². The molecule has 1 aliphatic rings. The molecule has 0 spiro atoms. The first-order valence-corrected chi connectivity index (χ1v) is 13.9. The van der Waals surface area contributed by atoms with Gasteiger partial charge in [-0.2, -0.15) is 13.2 Å². The van der Waals surface area contributed by atoms with Gasteiger partial charge < -0.3 is 19.5 Å². The summed E-state index contributed by atoms with van der Waals surface area (Å²) in [6.45, 7) is 0.901. The van der Waals surface area contributed by atoms with Crippen molar-refractivity contribution in [3.05, 3.63) is 65.4 Å². The first-order chi connectivity index (χ1) is 19.9. The van der Waals surface area contributed by atoms with E-state index in [1.165, 1.54) is 53.0 Å². The highest BCUT2D eigenvalue weighted by atomic mass is 32.2. The minimum absolute atomic E-state index is 0.0162. The Morgan fingerprint density at radius 2 is 1.74 bits per heavy atom. The van der Waals surface area contributed by atoms with Gasteiger partial charge in [0.05, 0.1) is 23.0 Å². The first-order valence-electron chi connectivity index (χ1n) is 12.2. The van der Waals surface area contributed by atoms with Crippen molar-refractivity contribution >= 4 is 57.0 Å². The molecule has 42 heavy (non-hydrogen) atoms. The lowest BCUT2D eigenvalue weighted by Crippen LogP contribution is -2.49. The van der Waals surface area contributed by atoms with Gasteiger partial charge in [0.25, 0.3) is 5.91 Å². The average molecular weight is 631 g/mol. The van der Waals surface area contributed by atoms with E-state index in [-0.39, 0.29) is 52.6 Å². The predicted octanol–water partition coefficient (Wildman–Crippen LogP) is 6.26. The van der Waals surface area contributed by atoms with Crippen LogP contribution in [0.4, 0.5) is 42.0 Å². The Kier molecular flexibility index (Phi) is 8.23. The van der Waals surface area contributed by atoms with Crippen molar-refractivity contribution in [3.8, 4) is 0 Å². The normalized spacial score (nSPS) is 14.3. The molecule has 0 unspecified atom stereocenters. The quantitative estimate of drug-likeness (QED) is 0.153. The molecule has 1 saturated heterocycles. The van der Waals surface area contributed by atoms with Gasteiger partial charge in [0.15, 0.2) is 5.13 Å². The van der Waals surface area contributed by atoms with Gasteiger partial charge in [0.1, 0.15) is 12.3 Å². The van der Waals surface area contributed by atoms with Gasteiger partial charge in [-0.15, -0.1) is 24.5 Å². The largest absolute Gasteiger partial charge is 0.491 e. The number of piperazine rings is 1. The SMILES string of the molecule is O=C(OCc1ccc(SC(F)(F)F)cc1)N1CCN(c2nc(C(=O)N(c3ccc4nc[nH]c4c3)C(F)(F)F)cs2)CC1. The number of carbonyl (C=O) groups is 2. The number of thioether (sulfide) groups is 1. The monoisotopic (exact) mass is 630 g/mol. The third kappa shape index (κ3) is 6.89. The molecule has 2 amide bonds. The average Bonchev–Trinajstić information content (AvgIpc) is 3.61. The van der Waals surface area contributed by atoms with Gasteiger partial charge in [0, 0.05) is 36.5 Å². The summed E-state index contributed by atoms with van der Waals surface area (Å²) in [5.74, 6) is -1.34. The molecule has 0 atom stereocenters. The summed E-state index contributed by atoms with van der Waals surface area (Å²) < 4.78 is 84.5. The molecule has 5 rings (SSSR count). The first kappa shape index (κ1) is 29.5. The second-order valence-corrected chi connectivity index (χ2v) is 10.9. The minimum atomic E-state index is -5.01. The Balaban J connectivity index is 1.16. The van der Waals surface area contributed by atoms with Gasteiger partial charge in [-0.25, -0.2) is 19.7 Å². The van der Waals surface area contributed by atoms with Crippen LogP contribution in [-0.4, -0.2) is 69.8 Å². The number of halogens is 6. The molecule has 1 fully saturated rings. The van der Waals surface area contributed by atoms with Gasteiger partial charge in [-0.05, 0) is 47.7 Å². The maximum absolute atomic E-state index is 13.9. The van der Waals surface area contributed by atoms with Gasteiger partial charge in [0.2, 0.25) is 0 Å². The number of aromatic amines is 1. The fourth-order valence-corrected chi connectivity index (χ4v) is 5.56. The van der Waals surface area contributed by atoms with Crippen molar-refractivity contribution in [2.24, 2.45) is 0 Å². The van der Waals surface area contributed by atoms with Crippen LogP contribution in [0.15, 0.2) is 59.1 Å². The number of ether oxygens (including phenoxy) is 1. The maximum atomic E-state index is 13.9. The van der Waals surface area contributed by atoms with E-state index >= 15 is 0 Å². The van der Waals surface area contributed by atoms with Crippen LogP contribution in [-0.2, 0) is 11.3 Å². The number of nitrogens with one attached hydrogen (secondary N) is 1. The number of carbonyl (C=O) groups excluding carboxylic acids is 2. The Bertz CT molecular complexity index is 1570. The molecule has 2 aromatic heterocycles. The molecule has 2 aromatic carbocycles. The standard InChI is InChI=1S/C25H20F6N6O3S2/c26-24(27,28)37(16-3-6-18-19(11-16)33-14-32-18)21(38)20-13-41-22(34-20)35-7-9-36(10-8-35)23(39)40-12-15-1-4-17(5-2-15)42-25(29,30)31/h1-6,11,13-14H,7-10,12H2,(H,32,33). The third-order valence-electron chi connectivity index (χ3n) is 6.16. The topological polar surface area (TPSA) is 94.7 Å². The summed E-state index contributed by atoms with van der Waals surface area (Å²) in [6, 6.07) is 9.17. The molecule has 1 N–H and O–H groups in total. The lowest BCUT2D eigenvalue weighted by molar-refractivity contribution is -0.122. The van der Waals surface area contributed by atoms with Crippen LogP contribution in [0, 0.1) is 0 Å². The zero-order chi connectivity index (χ0) is 30.1. The number of thiazole rings is 1. The van der Waals surface area contributed by atoms with Crippen LogP contribution in [0.2, 0.25) is 0 Å². The summed E-state index contributed by atoms with van der Waals surface area (Å²) in [7, 11) is 0. The number of fused-ring (bicyclic) bond motifs is 1. The summed E-state index contributed by atoms with van der Waals surface area (Å²) >= 11 is 0.771. The second-order valence-electron chi connectivity index (χ2n) is 8.95. The molecule has 3 heterocycles. The van der Waals surface area contributed by atoms with E-state index in [0.29, 0.717) is 34.8 Å². The molecular weight excluding hydrogens is 610 g/mol. The van der Waals surface area contributed by atoms with E-state index in [0.717, 1.165) is 17.4 Å². The molecule has 17 heteroatoms. The number of aromatic nitrogens is 3. The summed E-state index contributed by atoms with van der Waals surface area (Å²) in [4.78, 5) is 39.2. The zero-order valence-electron chi connectivity index (χ0n) is 21.3. The molecule has 0 bridgehead atoms. The predicted molar refractivity (Wildman–Crippen MR) is 143 cm³/mol. The van der Waals surface area contributed by atoms with Crippen LogP contribution in [0.3, 0.4) is 0 Å². The summed E-state index contributed by atoms with van der Waals surface area (Å²) in [6.07, 6.45) is -4.29. The van der Waals surface area contributed by atoms with Crippen molar-refractivity contribution < 1.29 is 40.7 Å². The Hall–Kier alpha value is -3.99. The number of benzene rings is 2. The lowest BCUT2D eigenvalue weighted by Gasteiger charge is -2.33. The van der Waals surface area contributed by atoms with Gasteiger partial charge in [-0.3, -0.25) is 4.79 Å². The molecule has 9 nitrogen and oxygen atoms in total. The number of anilines is 2. The summed E-state index contributed by atoms with van der Waals surface area (Å²) in [5.41, 5.74) is -3.86. The number of nitrogens with zero attached hydrogens (tertiary/aromatic N) is 5. The fraction of sp³-hybridized carbons (Fsp3) is 0.280. The highest BCUT2D eigenvalue weighted by Crippen LogP contribution is 2.37. The highest BCUT2D eigenvalue weighted by Gasteiger charge is 2.43. The number of alkyl halides is 6. The number of hydrogen-bond donors (Lipinski definition) is 1. The molecule has 1 aliphatic heterocycles. The Morgan fingerprint density at radius 1 is 1.02 bits per heavy atom. The van der Waals surface area contributed by atoms with Crippen LogP contribution in [0.5, 0.6) is 0 Å². The smallest absolute Gasteiger partial charge is 0.445 e. The minimum Gasteiger partial charge on any atom is -0.445 e. The Labute approximate surface area is 242 Å². The molecule has 4 aromatic rings. The number of rotatable bonds is 6.